The van der Waals surface area contributed by atoms with Crippen molar-refractivity contribution in [2.75, 3.05) is 0 Å². The predicted octanol–water partition coefficient (Wildman–Crippen LogP) is 2.56. The van der Waals surface area contributed by atoms with Crippen LogP contribution in [-0.4, -0.2) is 9.38 Å². The minimum atomic E-state index is -4.60. The average molecular weight is 342 g/mol. The molecule has 0 aliphatic rings. The highest BCUT2D eigenvalue weighted by atomic mass is 79.9. The highest BCUT2D eigenvalue weighted by Crippen LogP contribution is 2.32. The summed E-state index contributed by atoms with van der Waals surface area (Å²) in [7, 11) is 0. The molecule has 2 rings (SSSR count). The Morgan fingerprint density at radius 3 is 2.67 bits per heavy atom. The van der Waals surface area contributed by atoms with Gasteiger partial charge in [-0.3, -0.25) is 4.79 Å². The van der Waals surface area contributed by atoms with Crippen LogP contribution in [0.1, 0.15) is 24.4 Å². The zero-order valence-corrected chi connectivity index (χ0v) is 11.4. The third-order valence-corrected chi connectivity index (χ3v) is 3.83. The number of halogens is 4. The first kappa shape index (κ1) is 13.5. The number of rotatable bonds is 1. The summed E-state index contributed by atoms with van der Waals surface area (Å²) in [5.41, 5.74) is 4.02. The molecule has 18 heavy (non-hydrogen) atoms. The molecule has 2 heterocycles. The summed E-state index contributed by atoms with van der Waals surface area (Å²) in [4.78, 5) is 15.9. The molecule has 0 radical (unpaired) electrons. The summed E-state index contributed by atoms with van der Waals surface area (Å²) in [5.74, 6) is 0. The molecule has 1 unspecified atom stereocenters. The second-order valence-electron chi connectivity index (χ2n) is 3.64. The maximum Gasteiger partial charge on any atom is 0.432 e. The minimum absolute atomic E-state index is 0.0252. The zero-order chi connectivity index (χ0) is 13.7. The van der Waals surface area contributed by atoms with Crippen LogP contribution in [0.4, 0.5) is 13.2 Å². The fourth-order valence-electron chi connectivity index (χ4n) is 1.44. The summed E-state index contributed by atoms with van der Waals surface area (Å²) in [6, 6.07) is -0.548. The first-order chi connectivity index (χ1) is 8.23. The van der Waals surface area contributed by atoms with Gasteiger partial charge in [0.25, 0.3) is 5.56 Å². The fraction of sp³-hybridized carbons (Fsp3) is 0.333. The molecule has 0 spiro atoms. The molecule has 2 N–H and O–H groups in total. The summed E-state index contributed by atoms with van der Waals surface area (Å²) >= 11 is 3.70. The maximum absolute atomic E-state index is 12.7. The van der Waals surface area contributed by atoms with Gasteiger partial charge in [-0.1, -0.05) is 0 Å². The fourth-order valence-corrected chi connectivity index (χ4v) is 2.97. The lowest BCUT2D eigenvalue weighted by Crippen LogP contribution is -2.24. The van der Waals surface area contributed by atoms with Crippen molar-refractivity contribution in [3.63, 3.8) is 0 Å². The van der Waals surface area contributed by atoms with E-state index in [2.05, 4.69) is 20.9 Å². The molecule has 0 aliphatic heterocycles. The van der Waals surface area contributed by atoms with Crippen molar-refractivity contribution in [3.05, 3.63) is 31.6 Å². The molecule has 98 valence electrons. The van der Waals surface area contributed by atoms with Crippen LogP contribution in [0.25, 0.3) is 4.96 Å². The van der Waals surface area contributed by atoms with E-state index in [1.165, 1.54) is 0 Å². The van der Waals surface area contributed by atoms with Crippen LogP contribution in [0.3, 0.4) is 0 Å². The molecule has 2 aromatic rings. The van der Waals surface area contributed by atoms with Gasteiger partial charge in [-0.05, 0) is 22.9 Å². The van der Waals surface area contributed by atoms with Crippen LogP contribution in [0.15, 0.2) is 14.6 Å². The van der Waals surface area contributed by atoms with Gasteiger partial charge in [0, 0.05) is 11.4 Å². The van der Waals surface area contributed by atoms with Crippen molar-refractivity contribution < 1.29 is 13.2 Å². The topological polar surface area (TPSA) is 60.4 Å². The van der Waals surface area contributed by atoms with Gasteiger partial charge >= 0.3 is 6.18 Å². The molecule has 0 aliphatic carbocycles. The van der Waals surface area contributed by atoms with Crippen molar-refractivity contribution in [3.8, 4) is 0 Å². The molecule has 0 saturated heterocycles. The van der Waals surface area contributed by atoms with Crippen molar-refractivity contribution in [1.29, 1.82) is 0 Å². The van der Waals surface area contributed by atoms with E-state index in [4.69, 9.17) is 5.73 Å². The van der Waals surface area contributed by atoms with Crippen molar-refractivity contribution in [1.82, 2.24) is 9.38 Å². The molecule has 0 fully saturated rings. The number of thiazole rings is 1. The Morgan fingerprint density at radius 1 is 1.56 bits per heavy atom. The maximum atomic E-state index is 12.7. The summed E-state index contributed by atoms with van der Waals surface area (Å²) in [5, 5.41) is 0.862. The van der Waals surface area contributed by atoms with E-state index in [0.717, 1.165) is 16.7 Å². The largest absolute Gasteiger partial charge is 0.432 e. The van der Waals surface area contributed by atoms with Crippen LogP contribution in [0, 0.1) is 0 Å². The Balaban J connectivity index is 2.86. The standard InChI is InChI=1S/C9H7BrF3N3OS/c1-3(14)6-5(10)7(17)16-4(9(11,12)13)2-18-8(16)15-6/h2-3H,14H2,1H3. The van der Waals surface area contributed by atoms with Gasteiger partial charge in [0.2, 0.25) is 0 Å². The second-order valence-corrected chi connectivity index (χ2v) is 5.27. The Bertz CT molecular complexity index is 661. The summed E-state index contributed by atoms with van der Waals surface area (Å²) < 4.78 is 38.6. The third-order valence-electron chi connectivity index (χ3n) is 2.26. The van der Waals surface area contributed by atoms with E-state index in [1.807, 2.05) is 0 Å². The van der Waals surface area contributed by atoms with Crippen LogP contribution < -0.4 is 11.3 Å². The van der Waals surface area contributed by atoms with Crippen molar-refractivity contribution in [2.45, 2.75) is 19.1 Å². The van der Waals surface area contributed by atoms with Crippen LogP contribution >= 0.6 is 27.3 Å². The highest BCUT2D eigenvalue weighted by molar-refractivity contribution is 9.10. The monoisotopic (exact) mass is 341 g/mol. The summed E-state index contributed by atoms with van der Waals surface area (Å²) in [6.45, 7) is 1.60. The van der Waals surface area contributed by atoms with Gasteiger partial charge in [-0.15, -0.1) is 11.3 Å². The van der Waals surface area contributed by atoms with E-state index >= 15 is 0 Å². The number of fused-ring (bicyclic) bond motifs is 1. The number of aromatic nitrogens is 2. The average Bonchev–Trinajstić information content (AvgIpc) is 2.66. The molecule has 0 bridgehead atoms. The quantitative estimate of drug-likeness (QED) is 0.867. The number of nitrogens with zero attached hydrogens (tertiary/aromatic N) is 2. The first-order valence-corrected chi connectivity index (χ1v) is 6.43. The predicted molar refractivity (Wildman–Crippen MR) is 64.6 cm³/mol. The molecule has 4 nitrogen and oxygen atoms in total. The number of hydrogen-bond acceptors (Lipinski definition) is 4. The Morgan fingerprint density at radius 2 is 2.17 bits per heavy atom. The third kappa shape index (κ3) is 2.06. The molecule has 9 heteroatoms. The highest BCUT2D eigenvalue weighted by Gasteiger charge is 2.35. The number of nitrogens with two attached hydrogens (primary N) is 1. The number of alkyl halides is 3. The first-order valence-electron chi connectivity index (χ1n) is 4.76. The van der Waals surface area contributed by atoms with E-state index in [0.29, 0.717) is 4.40 Å². The van der Waals surface area contributed by atoms with Gasteiger partial charge in [-0.2, -0.15) is 13.2 Å². The van der Waals surface area contributed by atoms with Crippen LogP contribution in [-0.2, 0) is 6.18 Å². The van der Waals surface area contributed by atoms with E-state index < -0.39 is 23.5 Å². The number of hydrogen-bond donors (Lipinski definition) is 1. The molecule has 0 aromatic carbocycles. The van der Waals surface area contributed by atoms with Crippen molar-refractivity contribution >= 4 is 32.2 Å². The normalized spacial score (nSPS) is 14.1. The molecule has 0 amide bonds. The SMILES string of the molecule is CC(N)c1nc2scc(C(F)(F)F)n2c(=O)c1Br. The lowest BCUT2D eigenvalue weighted by molar-refractivity contribution is -0.141. The van der Waals surface area contributed by atoms with E-state index in [-0.39, 0.29) is 15.1 Å². The molecular formula is C9H7BrF3N3OS. The van der Waals surface area contributed by atoms with Gasteiger partial charge in [-0.25, -0.2) is 9.38 Å². The lowest BCUT2D eigenvalue weighted by atomic mass is 10.2. The Kier molecular flexibility index (Phi) is 3.24. The molecule has 2 aromatic heterocycles. The smallest absolute Gasteiger partial charge is 0.323 e. The molecule has 0 saturated carbocycles. The molecular weight excluding hydrogens is 335 g/mol. The van der Waals surface area contributed by atoms with Crippen LogP contribution in [0.2, 0.25) is 0 Å². The van der Waals surface area contributed by atoms with Gasteiger partial charge in [0.15, 0.2) is 4.96 Å². The Hall–Kier alpha value is -0.930. The van der Waals surface area contributed by atoms with Gasteiger partial charge in [0.1, 0.15) is 10.2 Å². The summed E-state index contributed by atoms with van der Waals surface area (Å²) in [6.07, 6.45) is -4.60. The second kappa shape index (κ2) is 4.32. The minimum Gasteiger partial charge on any atom is -0.323 e. The van der Waals surface area contributed by atoms with Gasteiger partial charge in [0.05, 0.1) is 5.69 Å². The van der Waals surface area contributed by atoms with Crippen LogP contribution in [0.5, 0.6) is 0 Å². The molecule has 1 atom stereocenters. The van der Waals surface area contributed by atoms with E-state index in [9.17, 15) is 18.0 Å². The lowest BCUT2D eigenvalue weighted by Gasteiger charge is -2.09. The Labute approximate surface area is 111 Å². The zero-order valence-electron chi connectivity index (χ0n) is 8.95. The van der Waals surface area contributed by atoms with Crippen molar-refractivity contribution in [2.24, 2.45) is 5.73 Å². The van der Waals surface area contributed by atoms with Gasteiger partial charge < -0.3 is 5.73 Å². The van der Waals surface area contributed by atoms with E-state index in [1.54, 1.807) is 6.92 Å².